The van der Waals surface area contributed by atoms with E-state index in [-0.39, 0.29) is 0 Å². The van der Waals surface area contributed by atoms with E-state index >= 15 is 0 Å². The predicted molar refractivity (Wildman–Crippen MR) is 69.4 cm³/mol. The van der Waals surface area contributed by atoms with Crippen molar-refractivity contribution in [3.05, 3.63) is 20.8 Å². The summed E-state index contributed by atoms with van der Waals surface area (Å²) in [6.45, 7) is 3.46. The van der Waals surface area contributed by atoms with Crippen molar-refractivity contribution < 1.29 is 0 Å². The molecule has 0 aromatic carbocycles. The van der Waals surface area contributed by atoms with Crippen LogP contribution < -0.4 is 5.32 Å². The van der Waals surface area contributed by atoms with E-state index in [1.165, 1.54) is 35.3 Å². The smallest absolute Gasteiger partial charge is 0.0327 e. The standard InChI is InChI=1S/C11H17BrN2S/c1-14-5-2-9(3-6-14)13-8-11-10(12)4-7-15-11/h4,7,9,13H,2-3,5-6,8H2,1H3. The monoisotopic (exact) mass is 288 g/mol. The molecule has 2 rings (SSSR count). The first-order valence-corrected chi connectivity index (χ1v) is 7.07. The number of nitrogens with zero attached hydrogens (tertiary/aromatic N) is 1. The minimum Gasteiger partial charge on any atom is -0.309 e. The van der Waals surface area contributed by atoms with E-state index in [1.54, 1.807) is 0 Å². The second-order valence-corrected chi connectivity index (χ2v) is 6.01. The summed E-state index contributed by atoms with van der Waals surface area (Å²) in [5, 5.41) is 5.77. The van der Waals surface area contributed by atoms with Gasteiger partial charge < -0.3 is 10.2 Å². The first-order chi connectivity index (χ1) is 7.25. The molecule has 4 heteroatoms. The number of likely N-dealkylation sites (tertiary alicyclic amines) is 1. The quantitative estimate of drug-likeness (QED) is 0.920. The van der Waals surface area contributed by atoms with Gasteiger partial charge in [-0.25, -0.2) is 0 Å². The average molecular weight is 289 g/mol. The SMILES string of the molecule is CN1CCC(NCc2sccc2Br)CC1. The highest BCUT2D eigenvalue weighted by Gasteiger charge is 2.16. The van der Waals surface area contributed by atoms with Crippen LogP contribution in [0.4, 0.5) is 0 Å². The maximum atomic E-state index is 3.64. The largest absolute Gasteiger partial charge is 0.309 e. The first kappa shape index (κ1) is 11.6. The van der Waals surface area contributed by atoms with Crippen molar-refractivity contribution in [2.24, 2.45) is 0 Å². The molecule has 0 saturated carbocycles. The van der Waals surface area contributed by atoms with Crippen LogP contribution in [0, 0.1) is 0 Å². The lowest BCUT2D eigenvalue weighted by Crippen LogP contribution is -2.40. The Bertz CT molecular complexity index is 305. The highest BCUT2D eigenvalue weighted by Crippen LogP contribution is 2.22. The Labute approximate surface area is 104 Å². The van der Waals surface area contributed by atoms with Crippen molar-refractivity contribution in [3.8, 4) is 0 Å². The maximum absolute atomic E-state index is 3.64. The molecular weight excluding hydrogens is 272 g/mol. The van der Waals surface area contributed by atoms with E-state index in [1.807, 2.05) is 11.3 Å². The topological polar surface area (TPSA) is 15.3 Å². The molecule has 0 bridgehead atoms. The van der Waals surface area contributed by atoms with Crippen LogP contribution in [0.3, 0.4) is 0 Å². The summed E-state index contributed by atoms with van der Waals surface area (Å²) >= 11 is 5.38. The number of nitrogens with one attached hydrogen (secondary N) is 1. The number of hydrogen-bond acceptors (Lipinski definition) is 3. The van der Waals surface area contributed by atoms with E-state index in [0.717, 1.165) is 6.54 Å². The van der Waals surface area contributed by atoms with Gasteiger partial charge in [0.05, 0.1) is 0 Å². The Balaban J connectivity index is 1.77. The zero-order chi connectivity index (χ0) is 10.7. The third-order valence-corrected chi connectivity index (χ3v) is 4.89. The maximum Gasteiger partial charge on any atom is 0.0327 e. The summed E-state index contributed by atoms with van der Waals surface area (Å²) in [4.78, 5) is 3.81. The summed E-state index contributed by atoms with van der Waals surface area (Å²) in [6, 6.07) is 2.83. The van der Waals surface area contributed by atoms with Crippen molar-refractivity contribution >= 4 is 27.3 Å². The fraction of sp³-hybridized carbons (Fsp3) is 0.636. The Hall–Kier alpha value is 0.100. The lowest BCUT2D eigenvalue weighted by Gasteiger charge is -2.29. The van der Waals surface area contributed by atoms with E-state index in [9.17, 15) is 0 Å². The van der Waals surface area contributed by atoms with Gasteiger partial charge in [-0.3, -0.25) is 0 Å². The van der Waals surface area contributed by atoms with Gasteiger partial charge in [0.1, 0.15) is 0 Å². The van der Waals surface area contributed by atoms with Crippen LogP contribution in [0.5, 0.6) is 0 Å². The van der Waals surface area contributed by atoms with Gasteiger partial charge in [-0.15, -0.1) is 11.3 Å². The highest BCUT2D eigenvalue weighted by molar-refractivity contribution is 9.10. The molecule has 1 N–H and O–H groups in total. The molecule has 0 aliphatic carbocycles. The van der Waals surface area contributed by atoms with E-state index in [4.69, 9.17) is 0 Å². The number of piperidine rings is 1. The number of thiophene rings is 1. The second kappa shape index (κ2) is 5.43. The van der Waals surface area contributed by atoms with Gasteiger partial charge >= 0.3 is 0 Å². The zero-order valence-electron chi connectivity index (χ0n) is 9.00. The van der Waals surface area contributed by atoms with Gasteiger partial charge in [0, 0.05) is 21.9 Å². The van der Waals surface area contributed by atoms with E-state index in [2.05, 4.69) is 44.6 Å². The van der Waals surface area contributed by atoms with Crippen LogP contribution in [-0.2, 0) is 6.54 Å². The lowest BCUT2D eigenvalue weighted by atomic mass is 10.1. The Morgan fingerprint density at radius 1 is 1.53 bits per heavy atom. The first-order valence-electron chi connectivity index (χ1n) is 5.39. The van der Waals surface area contributed by atoms with E-state index in [0.29, 0.717) is 6.04 Å². The van der Waals surface area contributed by atoms with Gasteiger partial charge in [0.15, 0.2) is 0 Å². The number of halogens is 1. The normalized spacial score (nSPS) is 19.6. The average Bonchev–Trinajstić information content (AvgIpc) is 2.63. The van der Waals surface area contributed by atoms with E-state index < -0.39 is 0 Å². The summed E-state index contributed by atoms with van der Waals surface area (Å²) in [5.41, 5.74) is 0. The van der Waals surface area contributed by atoms with Gasteiger partial charge in [0.2, 0.25) is 0 Å². The fourth-order valence-corrected chi connectivity index (χ4v) is 3.34. The minimum atomic E-state index is 0.704. The van der Waals surface area contributed by atoms with Crippen molar-refractivity contribution in [2.45, 2.75) is 25.4 Å². The van der Waals surface area contributed by atoms with Crippen molar-refractivity contribution in [1.82, 2.24) is 10.2 Å². The predicted octanol–water partition coefficient (Wildman–Crippen LogP) is 2.69. The third kappa shape index (κ3) is 3.28. The van der Waals surface area contributed by atoms with Crippen LogP contribution in [0.25, 0.3) is 0 Å². The molecule has 0 radical (unpaired) electrons. The second-order valence-electron chi connectivity index (χ2n) is 4.15. The molecule has 0 spiro atoms. The third-order valence-electron chi connectivity index (χ3n) is 2.96. The fourth-order valence-electron chi connectivity index (χ4n) is 1.90. The summed E-state index contributed by atoms with van der Waals surface area (Å²) in [6.07, 6.45) is 2.55. The van der Waals surface area contributed by atoms with Crippen molar-refractivity contribution in [1.29, 1.82) is 0 Å². The molecule has 1 aliphatic heterocycles. The van der Waals surface area contributed by atoms with Crippen LogP contribution >= 0.6 is 27.3 Å². The molecule has 1 saturated heterocycles. The Morgan fingerprint density at radius 3 is 2.87 bits per heavy atom. The van der Waals surface area contributed by atoms with Gasteiger partial charge in [-0.2, -0.15) is 0 Å². The van der Waals surface area contributed by atoms with Crippen LogP contribution in [0.1, 0.15) is 17.7 Å². The van der Waals surface area contributed by atoms with Crippen molar-refractivity contribution in [2.75, 3.05) is 20.1 Å². The highest BCUT2D eigenvalue weighted by atomic mass is 79.9. The molecule has 1 fully saturated rings. The molecule has 0 amide bonds. The minimum absolute atomic E-state index is 0.704. The molecule has 1 aliphatic rings. The Morgan fingerprint density at radius 2 is 2.27 bits per heavy atom. The zero-order valence-corrected chi connectivity index (χ0v) is 11.4. The molecular formula is C11H17BrN2S. The molecule has 0 unspecified atom stereocenters. The molecule has 1 aromatic rings. The molecule has 15 heavy (non-hydrogen) atoms. The number of hydrogen-bond donors (Lipinski definition) is 1. The van der Waals surface area contributed by atoms with Crippen molar-refractivity contribution in [3.63, 3.8) is 0 Å². The Kier molecular flexibility index (Phi) is 4.20. The number of rotatable bonds is 3. The molecule has 2 heterocycles. The molecule has 84 valence electrons. The lowest BCUT2D eigenvalue weighted by molar-refractivity contribution is 0.234. The summed E-state index contributed by atoms with van der Waals surface area (Å²) in [5.74, 6) is 0. The van der Waals surface area contributed by atoms with Gasteiger partial charge in [-0.1, -0.05) is 0 Å². The van der Waals surface area contributed by atoms with Gasteiger partial charge in [0.25, 0.3) is 0 Å². The van der Waals surface area contributed by atoms with Gasteiger partial charge in [-0.05, 0) is 60.4 Å². The molecule has 0 atom stereocenters. The summed E-state index contributed by atoms with van der Waals surface area (Å²) < 4.78 is 1.24. The molecule has 1 aromatic heterocycles. The van der Waals surface area contributed by atoms with Crippen LogP contribution in [0.2, 0.25) is 0 Å². The molecule has 2 nitrogen and oxygen atoms in total. The summed E-state index contributed by atoms with van der Waals surface area (Å²) in [7, 11) is 2.20. The van der Waals surface area contributed by atoms with Crippen LogP contribution in [-0.4, -0.2) is 31.1 Å². The van der Waals surface area contributed by atoms with Crippen LogP contribution in [0.15, 0.2) is 15.9 Å².